The average molecular weight is 355 g/mol. The summed E-state index contributed by atoms with van der Waals surface area (Å²) in [6.07, 6.45) is 3.45. The number of aromatic amines is 1. The predicted molar refractivity (Wildman–Crippen MR) is 96.8 cm³/mol. The van der Waals surface area contributed by atoms with Crippen LogP contribution in [0.4, 0.5) is 0 Å². The second kappa shape index (κ2) is 7.43. The number of H-pyrrole nitrogens is 1. The van der Waals surface area contributed by atoms with Crippen molar-refractivity contribution < 1.29 is 19.5 Å². The number of carboxylic acid groups (broad SMARTS) is 1. The summed E-state index contributed by atoms with van der Waals surface area (Å²) in [4.78, 5) is 38.3. The van der Waals surface area contributed by atoms with Crippen LogP contribution in [0.2, 0.25) is 0 Å². The number of rotatable bonds is 6. The van der Waals surface area contributed by atoms with Crippen LogP contribution < -0.4 is 10.6 Å². The van der Waals surface area contributed by atoms with Crippen LogP contribution in [0.5, 0.6) is 0 Å². The van der Waals surface area contributed by atoms with E-state index in [-0.39, 0.29) is 17.7 Å². The third-order valence-corrected chi connectivity index (χ3v) is 4.51. The van der Waals surface area contributed by atoms with Gasteiger partial charge in [0.05, 0.1) is 0 Å². The fourth-order valence-corrected chi connectivity index (χ4v) is 3.18. The number of carbonyl (C=O) groups is 3. The van der Waals surface area contributed by atoms with Gasteiger partial charge in [0.2, 0.25) is 5.91 Å². The largest absolute Gasteiger partial charge is 0.478 e. The van der Waals surface area contributed by atoms with Crippen LogP contribution in [-0.2, 0) is 9.59 Å². The van der Waals surface area contributed by atoms with Gasteiger partial charge in [0.1, 0.15) is 5.69 Å². The van der Waals surface area contributed by atoms with Gasteiger partial charge in [0.15, 0.2) is 0 Å². The van der Waals surface area contributed by atoms with Crippen LogP contribution in [0.15, 0.2) is 36.4 Å². The maximum Gasteiger partial charge on any atom is 0.328 e. The van der Waals surface area contributed by atoms with Crippen molar-refractivity contribution in [2.24, 2.45) is 5.92 Å². The van der Waals surface area contributed by atoms with Gasteiger partial charge in [-0.3, -0.25) is 9.59 Å². The molecule has 2 amide bonds. The molecule has 1 aliphatic heterocycles. The first-order valence-electron chi connectivity index (χ1n) is 8.51. The van der Waals surface area contributed by atoms with Crippen LogP contribution >= 0.6 is 0 Å². The molecule has 0 radical (unpaired) electrons. The molecular formula is C19H21N3O4. The van der Waals surface area contributed by atoms with Crippen LogP contribution in [-0.4, -0.2) is 40.5 Å². The lowest BCUT2D eigenvalue weighted by atomic mass is 9.98. The van der Waals surface area contributed by atoms with E-state index in [4.69, 9.17) is 5.11 Å². The quantitative estimate of drug-likeness (QED) is 0.591. The molecule has 26 heavy (non-hydrogen) atoms. The van der Waals surface area contributed by atoms with Crippen LogP contribution in [0.25, 0.3) is 10.9 Å². The van der Waals surface area contributed by atoms with Gasteiger partial charge in [-0.2, -0.15) is 0 Å². The number of carbonyl (C=O) groups excluding carboxylic acids is 2. The Morgan fingerprint density at radius 3 is 2.88 bits per heavy atom. The highest BCUT2D eigenvalue weighted by Crippen LogP contribution is 2.19. The van der Waals surface area contributed by atoms with E-state index in [1.54, 1.807) is 6.07 Å². The Bertz CT molecular complexity index is 884. The number of aryl methyl sites for hydroxylation is 1. The SMILES string of the molecule is Cc1ccc2[nH]c(C(=O)NC(/C=C/C(=O)O)CC3CCNC3=O)cc2c1. The van der Waals surface area contributed by atoms with E-state index in [1.165, 1.54) is 6.08 Å². The Hall–Kier alpha value is -3.09. The molecule has 1 fully saturated rings. The molecule has 2 unspecified atom stereocenters. The van der Waals surface area contributed by atoms with Gasteiger partial charge in [-0.25, -0.2) is 4.79 Å². The summed E-state index contributed by atoms with van der Waals surface area (Å²) < 4.78 is 0. The third kappa shape index (κ3) is 4.11. The predicted octanol–water partition coefficient (Wildman–Crippen LogP) is 1.74. The summed E-state index contributed by atoms with van der Waals surface area (Å²) in [6.45, 7) is 2.58. The molecule has 2 heterocycles. The Morgan fingerprint density at radius 2 is 2.19 bits per heavy atom. The molecule has 1 aromatic carbocycles. The summed E-state index contributed by atoms with van der Waals surface area (Å²) in [7, 11) is 0. The van der Waals surface area contributed by atoms with E-state index in [9.17, 15) is 14.4 Å². The van der Waals surface area contributed by atoms with Crippen molar-refractivity contribution >= 4 is 28.7 Å². The summed E-state index contributed by atoms with van der Waals surface area (Å²) in [6, 6.07) is 7.06. The minimum atomic E-state index is -1.10. The number of hydrogen-bond acceptors (Lipinski definition) is 3. The highest BCUT2D eigenvalue weighted by atomic mass is 16.4. The van der Waals surface area contributed by atoms with Gasteiger partial charge in [-0.05, 0) is 38.0 Å². The summed E-state index contributed by atoms with van der Waals surface area (Å²) in [5.74, 6) is -1.73. The Balaban J connectivity index is 1.76. The molecule has 1 saturated heterocycles. The lowest BCUT2D eigenvalue weighted by Crippen LogP contribution is -2.36. The van der Waals surface area contributed by atoms with Gasteiger partial charge in [0, 0.05) is 35.5 Å². The Kier molecular flexibility index (Phi) is 5.06. The molecule has 0 aliphatic carbocycles. The normalized spacial score (nSPS) is 18.2. The zero-order chi connectivity index (χ0) is 18.7. The van der Waals surface area contributed by atoms with Crippen molar-refractivity contribution in [3.8, 4) is 0 Å². The minimum absolute atomic E-state index is 0.0611. The van der Waals surface area contributed by atoms with Crippen molar-refractivity contribution in [2.75, 3.05) is 6.54 Å². The van der Waals surface area contributed by atoms with Gasteiger partial charge in [-0.15, -0.1) is 0 Å². The number of nitrogens with one attached hydrogen (secondary N) is 3. The highest BCUT2D eigenvalue weighted by Gasteiger charge is 2.27. The van der Waals surface area contributed by atoms with Crippen LogP contribution in [0.1, 0.15) is 28.9 Å². The van der Waals surface area contributed by atoms with Crippen molar-refractivity contribution in [1.29, 1.82) is 0 Å². The van der Waals surface area contributed by atoms with Crippen LogP contribution in [0, 0.1) is 12.8 Å². The lowest BCUT2D eigenvalue weighted by Gasteiger charge is -2.17. The number of aliphatic carboxylic acids is 1. The molecule has 1 aromatic heterocycles. The lowest BCUT2D eigenvalue weighted by molar-refractivity contribution is -0.131. The van der Waals surface area contributed by atoms with Gasteiger partial charge in [0.25, 0.3) is 5.91 Å². The van der Waals surface area contributed by atoms with Crippen molar-refractivity contribution in [2.45, 2.75) is 25.8 Å². The number of aromatic nitrogens is 1. The van der Waals surface area contributed by atoms with Gasteiger partial charge >= 0.3 is 5.97 Å². The molecule has 2 aromatic rings. The maximum absolute atomic E-state index is 12.6. The van der Waals surface area contributed by atoms with Crippen molar-refractivity contribution in [3.05, 3.63) is 47.7 Å². The zero-order valence-electron chi connectivity index (χ0n) is 14.4. The topological polar surface area (TPSA) is 111 Å². The first-order valence-corrected chi connectivity index (χ1v) is 8.51. The van der Waals surface area contributed by atoms with Crippen molar-refractivity contribution in [3.63, 3.8) is 0 Å². The van der Waals surface area contributed by atoms with E-state index in [2.05, 4.69) is 15.6 Å². The molecular weight excluding hydrogens is 334 g/mol. The first kappa shape index (κ1) is 17.7. The van der Waals surface area contributed by atoms with Gasteiger partial charge < -0.3 is 20.7 Å². The number of hydrogen-bond donors (Lipinski definition) is 4. The molecule has 7 heteroatoms. The number of fused-ring (bicyclic) bond motifs is 1. The average Bonchev–Trinajstić information content (AvgIpc) is 3.18. The maximum atomic E-state index is 12.6. The molecule has 136 valence electrons. The summed E-state index contributed by atoms with van der Waals surface area (Å²) in [5, 5.41) is 15.4. The summed E-state index contributed by atoms with van der Waals surface area (Å²) in [5.41, 5.74) is 2.35. The molecule has 4 N–H and O–H groups in total. The smallest absolute Gasteiger partial charge is 0.328 e. The monoisotopic (exact) mass is 355 g/mol. The third-order valence-electron chi connectivity index (χ3n) is 4.51. The Morgan fingerprint density at radius 1 is 1.38 bits per heavy atom. The number of carboxylic acids is 1. The van der Waals surface area contributed by atoms with E-state index >= 15 is 0 Å². The van der Waals surface area contributed by atoms with Crippen molar-refractivity contribution in [1.82, 2.24) is 15.6 Å². The number of benzene rings is 1. The van der Waals surface area contributed by atoms with E-state index < -0.39 is 12.0 Å². The first-order chi connectivity index (χ1) is 12.4. The minimum Gasteiger partial charge on any atom is -0.478 e. The molecule has 0 bridgehead atoms. The molecule has 1 aliphatic rings. The number of amides is 2. The van der Waals surface area contributed by atoms with E-state index in [0.717, 1.165) is 22.5 Å². The molecule has 3 rings (SSSR count). The molecule has 7 nitrogen and oxygen atoms in total. The molecule has 0 saturated carbocycles. The van der Waals surface area contributed by atoms with Crippen LogP contribution in [0.3, 0.4) is 0 Å². The fourth-order valence-electron chi connectivity index (χ4n) is 3.18. The van der Waals surface area contributed by atoms with Gasteiger partial charge in [-0.1, -0.05) is 17.7 Å². The van der Waals surface area contributed by atoms with E-state index in [0.29, 0.717) is 25.1 Å². The standard InChI is InChI=1S/C19H21N3O4/c1-11-2-4-15-13(8-11)10-16(22-15)19(26)21-14(3-5-17(23)24)9-12-6-7-20-18(12)25/h2-5,8,10,12,14,22H,6-7,9H2,1H3,(H,20,25)(H,21,26)(H,23,24)/b5-3+. The van der Waals surface area contributed by atoms with E-state index in [1.807, 2.05) is 25.1 Å². The zero-order valence-corrected chi connectivity index (χ0v) is 14.4. The Labute approximate surface area is 150 Å². The highest BCUT2D eigenvalue weighted by molar-refractivity contribution is 5.98. The summed E-state index contributed by atoms with van der Waals surface area (Å²) >= 11 is 0. The molecule has 0 spiro atoms. The fraction of sp³-hybridized carbons (Fsp3) is 0.316. The second-order valence-corrected chi connectivity index (χ2v) is 6.56. The second-order valence-electron chi connectivity index (χ2n) is 6.56. The molecule has 2 atom stereocenters.